The number of para-hydroxylation sites is 1. The Kier molecular flexibility index (Phi) is 5.50. The van der Waals surface area contributed by atoms with Crippen molar-refractivity contribution in [1.29, 1.82) is 0 Å². The lowest BCUT2D eigenvalue weighted by Crippen LogP contribution is -2.25. The van der Waals surface area contributed by atoms with Crippen LogP contribution in [0, 0.1) is 0 Å². The number of allylic oxidation sites excluding steroid dienone is 2. The molecule has 0 heterocycles. The highest BCUT2D eigenvalue weighted by Gasteiger charge is 2.18. The highest BCUT2D eigenvalue weighted by molar-refractivity contribution is 6.32. The molecule has 0 fully saturated rings. The van der Waals surface area contributed by atoms with E-state index in [1.54, 1.807) is 18.2 Å². The Labute approximate surface area is 114 Å². The minimum absolute atomic E-state index is 0.162. The van der Waals surface area contributed by atoms with Gasteiger partial charge in [0, 0.05) is 5.03 Å². The van der Waals surface area contributed by atoms with Crippen LogP contribution in [0.5, 0.6) is 11.5 Å². The van der Waals surface area contributed by atoms with Crippen LogP contribution in [0.4, 0.5) is 0 Å². The third-order valence-corrected chi connectivity index (χ3v) is 2.79. The number of aliphatic hydroxyl groups excluding tert-OH is 2. The average Bonchev–Trinajstić information content (AvgIpc) is 2.34. The predicted octanol–water partition coefficient (Wildman–Crippen LogP) is 2.15. The second kappa shape index (κ2) is 6.66. The zero-order valence-electron chi connectivity index (χ0n) is 9.16. The van der Waals surface area contributed by atoms with Crippen molar-refractivity contribution in [3.8, 4) is 11.5 Å². The van der Waals surface area contributed by atoms with E-state index in [1.807, 2.05) is 0 Å². The number of halogens is 2. The summed E-state index contributed by atoms with van der Waals surface area (Å²) in [6, 6.07) is 4.41. The monoisotopic (exact) mass is 290 g/mol. The molecule has 0 unspecified atom stereocenters. The lowest BCUT2D eigenvalue weighted by molar-refractivity contribution is 0.0764. The van der Waals surface area contributed by atoms with Gasteiger partial charge in [0.1, 0.15) is 12.2 Å². The van der Waals surface area contributed by atoms with Gasteiger partial charge in [0.05, 0.1) is 5.02 Å². The summed E-state index contributed by atoms with van der Waals surface area (Å²) in [5, 5.41) is 35.9. The van der Waals surface area contributed by atoms with Crippen LogP contribution in [0.2, 0.25) is 5.02 Å². The fourth-order valence-corrected chi connectivity index (χ4v) is 1.50. The fourth-order valence-electron chi connectivity index (χ4n) is 1.13. The molecule has 0 spiro atoms. The van der Waals surface area contributed by atoms with E-state index in [0.717, 1.165) is 0 Å². The molecule has 0 aliphatic heterocycles. The topological polar surface area (TPSA) is 80.9 Å². The van der Waals surface area contributed by atoms with E-state index < -0.39 is 12.2 Å². The van der Waals surface area contributed by atoms with Crippen LogP contribution in [0.3, 0.4) is 0 Å². The normalized spacial score (nSPS) is 21.9. The maximum atomic E-state index is 8.94. The number of aromatic hydroxyl groups is 2. The predicted molar refractivity (Wildman–Crippen MR) is 69.9 cm³/mol. The number of rotatable bonds is 0. The summed E-state index contributed by atoms with van der Waals surface area (Å²) in [7, 11) is 0. The Hall–Kier alpha value is -1.20. The molecule has 4 N–H and O–H groups in total. The van der Waals surface area contributed by atoms with E-state index in [-0.39, 0.29) is 21.6 Å². The van der Waals surface area contributed by atoms with Crippen LogP contribution in [0.1, 0.15) is 0 Å². The van der Waals surface area contributed by atoms with Crippen molar-refractivity contribution >= 4 is 23.2 Å². The molecule has 1 aliphatic rings. The molecule has 0 bridgehead atoms. The van der Waals surface area contributed by atoms with Gasteiger partial charge in [-0.2, -0.15) is 0 Å². The van der Waals surface area contributed by atoms with Crippen molar-refractivity contribution in [1.82, 2.24) is 0 Å². The summed E-state index contributed by atoms with van der Waals surface area (Å²) in [6.07, 6.45) is 2.87. The highest BCUT2D eigenvalue weighted by Crippen LogP contribution is 2.31. The summed E-state index contributed by atoms with van der Waals surface area (Å²) < 4.78 is 0. The maximum absolute atomic E-state index is 8.94. The molecule has 1 aliphatic carbocycles. The van der Waals surface area contributed by atoms with Gasteiger partial charge in [0.2, 0.25) is 0 Å². The molecule has 0 radical (unpaired) electrons. The van der Waals surface area contributed by atoms with Crippen LogP contribution in [0.15, 0.2) is 41.5 Å². The molecule has 1 aromatic rings. The lowest BCUT2D eigenvalue weighted by Gasteiger charge is -2.15. The highest BCUT2D eigenvalue weighted by atomic mass is 35.5. The molecule has 4 nitrogen and oxygen atoms in total. The molecule has 2 rings (SSSR count). The van der Waals surface area contributed by atoms with E-state index in [4.69, 9.17) is 43.6 Å². The SMILES string of the molecule is O[C@@H]1C(Cl)=CC=C[C@@H]1O.Oc1cccc(Cl)c1O. The van der Waals surface area contributed by atoms with Gasteiger partial charge < -0.3 is 20.4 Å². The molecule has 2 atom stereocenters. The number of hydrogen-bond acceptors (Lipinski definition) is 4. The Morgan fingerprint density at radius 3 is 2.17 bits per heavy atom. The van der Waals surface area contributed by atoms with E-state index in [9.17, 15) is 0 Å². The third-order valence-electron chi connectivity index (χ3n) is 2.14. The van der Waals surface area contributed by atoms with E-state index in [2.05, 4.69) is 0 Å². The third kappa shape index (κ3) is 3.92. The molecule has 0 saturated heterocycles. The van der Waals surface area contributed by atoms with Crippen molar-refractivity contribution in [3.63, 3.8) is 0 Å². The minimum Gasteiger partial charge on any atom is -0.504 e. The first kappa shape index (κ1) is 14.9. The van der Waals surface area contributed by atoms with Crippen molar-refractivity contribution < 1.29 is 20.4 Å². The molecule has 6 heteroatoms. The lowest BCUT2D eigenvalue weighted by atomic mass is 10.1. The minimum atomic E-state index is -0.934. The van der Waals surface area contributed by atoms with Crippen molar-refractivity contribution in [2.45, 2.75) is 12.2 Å². The first-order valence-electron chi connectivity index (χ1n) is 5.00. The smallest absolute Gasteiger partial charge is 0.176 e. The van der Waals surface area contributed by atoms with Crippen LogP contribution < -0.4 is 0 Å². The first-order chi connectivity index (χ1) is 8.43. The molecule has 18 heavy (non-hydrogen) atoms. The molecule has 1 aromatic carbocycles. The van der Waals surface area contributed by atoms with Gasteiger partial charge in [0.25, 0.3) is 0 Å². The van der Waals surface area contributed by atoms with Crippen molar-refractivity contribution in [2.24, 2.45) is 0 Å². The van der Waals surface area contributed by atoms with Gasteiger partial charge in [0.15, 0.2) is 11.5 Å². The second-order valence-electron chi connectivity index (χ2n) is 3.48. The van der Waals surface area contributed by atoms with E-state index in [1.165, 1.54) is 18.2 Å². The maximum Gasteiger partial charge on any atom is 0.176 e. The first-order valence-corrected chi connectivity index (χ1v) is 5.75. The zero-order valence-corrected chi connectivity index (χ0v) is 10.7. The van der Waals surface area contributed by atoms with Gasteiger partial charge in [-0.05, 0) is 18.2 Å². The molecule has 0 amide bonds. The number of aliphatic hydroxyl groups is 2. The van der Waals surface area contributed by atoms with Gasteiger partial charge in [-0.25, -0.2) is 0 Å². The van der Waals surface area contributed by atoms with Gasteiger partial charge in [-0.15, -0.1) is 0 Å². The fraction of sp³-hybridized carbons (Fsp3) is 0.167. The Bertz CT molecular complexity index is 451. The van der Waals surface area contributed by atoms with Gasteiger partial charge in [-0.1, -0.05) is 41.4 Å². The summed E-state index contributed by atoms with van der Waals surface area (Å²) in [4.78, 5) is 0. The second-order valence-corrected chi connectivity index (χ2v) is 4.32. The zero-order chi connectivity index (χ0) is 13.7. The summed E-state index contributed by atoms with van der Waals surface area (Å²) in [5.41, 5.74) is 0. The van der Waals surface area contributed by atoms with E-state index in [0.29, 0.717) is 0 Å². The van der Waals surface area contributed by atoms with E-state index >= 15 is 0 Å². The molecule has 0 saturated carbocycles. The number of phenolic OH excluding ortho intramolecular Hbond substituents is 2. The Balaban J connectivity index is 0.000000180. The number of hydrogen-bond donors (Lipinski definition) is 4. The molecule has 0 aromatic heterocycles. The average molecular weight is 291 g/mol. The van der Waals surface area contributed by atoms with Crippen LogP contribution in [0.25, 0.3) is 0 Å². The summed E-state index contributed by atoms with van der Waals surface area (Å²) in [5.74, 6) is -0.457. The van der Waals surface area contributed by atoms with Crippen LogP contribution in [-0.4, -0.2) is 32.6 Å². The van der Waals surface area contributed by atoms with Crippen LogP contribution in [-0.2, 0) is 0 Å². The Morgan fingerprint density at radius 1 is 1.06 bits per heavy atom. The van der Waals surface area contributed by atoms with Crippen molar-refractivity contribution in [3.05, 3.63) is 46.5 Å². The number of benzene rings is 1. The quantitative estimate of drug-likeness (QED) is 0.552. The molecular formula is C12H12Cl2O4. The largest absolute Gasteiger partial charge is 0.504 e. The molecular weight excluding hydrogens is 279 g/mol. The van der Waals surface area contributed by atoms with Crippen molar-refractivity contribution in [2.75, 3.05) is 0 Å². The van der Waals surface area contributed by atoms with Gasteiger partial charge >= 0.3 is 0 Å². The summed E-state index contributed by atoms with van der Waals surface area (Å²) >= 11 is 10.9. The number of phenols is 2. The van der Waals surface area contributed by atoms with Crippen LogP contribution >= 0.6 is 23.2 Å². The standard InChI is InChI=1S/C6H7ClO2.C6H5ClO2/c2*7-4-2-1-3-5(8)6(4)9/h1-3,5-6,8-9H;1-3,8-9H/t5-,6+;/m0./s1. The molecule has 98 valence electrons. The Morgan fingerprint density at radius 2 is 1.72 bits per heavy atom. The summed E-state index contributed by atoms with van der Waals surface area (Å²) in [6.45, 7) is 0. The van der Waals surface area contributed by atoms with Gasteiger partial charge in [-0.3, -0.25) is 0 Å².